The van der Waals surface area contributed by atoms with Crippen molar-refractivity contribution in [2.45, 2.75) is 6.42 Å². The Morgan fingerprint density at radius 3 is 2.68 bits per heavy atom. The van der Waals surface area contributed by atoms with Crippen LogP contribution in [0.3, 0.4) is 0 Å². The molecule has 0 unspecified atom stereocenters. The molecule has 6 nitrogen and oxygen atoms in total. The Morgan fingerprint density at radius 1 is 1.12 bits per heavy atom. The number of anilines is 1. The largest absolute Gasteiger partial charge is 0.454 e. The van der Waals surface area contributed by atoms with Gasteiger partial charge in [-0.15, -0.1) is 0 Å². The number of carbonyl (C=O) groups is 1. The van der Waals surface area contributed by atoms with E-state index in [-0.39, 0.29) is 18.5 Å². The highest BCUT2D eigenvalue weighted by Gasteiger charge is 2.17. The smallest absolute Gasteiger partial charge is 0.255 e. The second-order valence-electron chi connectivity index (χ2n) is 5.81. The van der Waals surface area contributed by atoms with Crippen LogP contribution in [0.1, 0.15) is 15.9 Å². The summed E-state index contributed by atoms with van der Waals surface area (Å²) < 4.78 is 10.7. The number of nitrogens with two attached hydrogens (primary N) is 1. The Balaban J connectivity index is 1.52. The molecule has 1 aromatic heterocycles. The minimum atomic E-state index is -0.236. The molecule has 0 atom stereocenters. The monoisotopic (exact) mass is 335 g/mol. The molecule has 6 heteroatoms. The molecule has 0 radical (unpaired) electrons. The molecule has 25 heavy (non-hydrogen) atoms. The molecule has 3 aromatic rings. The zero-order valence-electron chi connectivity index (χ0n) is 13.5. The summed E-state index contributed by atoms with van der Waals surface area (Å²) >= 11 is 0. The van der Waals surface area contributed by atoms with Crippen molar-refractivity contribution < 1.29 is 14.3 Å². The Labute approximate surface area is 144 Å². The number of ether oxygens (including phenoxy) is 2. The maximum atomic E-state index is 12.4. The maximum absolute atomic E-state index is 12.4. The zero-order valence-corrected chi connectivity index (χ0v) is 13.5. The van der Waals surface area contributed by atoms with Gasteiger partial charge in [0.05, 0.1) is 11.1 Å². The van der Waals surface area contributed by atoms with E-state index in [1.54, 1.807) is 12.1 Å². The summed E-state index contributed by atoms with van der Waals surface area (Å²) in [7, 11) is 0. The van der Waals surface area contributed by atoms with E-state index in [9.17, 15) is 4.79 Å². The summed E-state index contributed by atoms with van der Waals surface area (Å²) in [6, 6.07) is 15.3. The van der Waals surface area contributed by atoms with Crippen molar-refractivity contribution in [1.82, 2.24) is 10.3 Å². The van der Waals surface area contributed by atoms with Gasteiger partial charge in [-0.05, 0) is 24.1 Å². The molecule has 126 valence electrons. The van der Waals surface area contributed by atoms with Gasteiger partial charge in [0.25, 0.3) is 5.91 Å². The number of nitrogen functional groups attached to an aromatic ring is 1. The van der Waals surface area contributed by atoms with E-state index in [1.165, 1.54) is 5.56 Å². The predicted octanol–water partition coefficient (Wildman–Crippen LogP) is 2.52. The van der Waals surface area contributed by atoms with Crippen LogP contribution in [-0.2, 0) is 6.42 Å². The van der Waals surface area contributed by atoms with Gasteiger partial charge in [0.2, 0.25) is 6.79 Å². The molecule has 1 aliphatic rings. The van der Waals surface area contributed by atoms with Crippen molar-refractivity contribution in [3.63, 3.8) is 0 Å². The number of nitrogens with zero attached hydrogens (tertiary/aromatic N) is 1. The number of nitrogens with one attached hydrogen (secondary N) is 1. The molecule has 0 saturated heterocycles. The number of fused-ring (bicyclic) bond motifs is 2. The van der Waals surface area contributed by atoms with Crippen LogP contribution in [-0.4, -0.2) is 24.2 Å². The highest BCUT2D eigenvalue weighted by Crippen LogP contribution is 2.36. The van der Waals surface area contributed by atoms with E-state index < -0.39 is 0 Å². The first-order valence-electron chi connectivity index (χ1n) is 8.03. The van der Waals surface area contributed by atoms with E-state index in [4.69, 9.17) is 15.2 Å². The first-order valence-corrected chi connectivity index (χ1v) is 8.03. The van der Waals surface area contributed by atoms with Crippen LogP contribution in [0.5, 0.6) is 11.5 Å². The van der Waals surface area contributed by atoms with Gasteiger partial charge in [-0.1, -0.05) is 30.3 Å². The molecule has 1 aliphatic heterocycles. The minimum Gasteiger partial charge on any atom is -0.454 e. The summed E-state index contributed by atoms with van der Waals surface area (Å²) in [4.78, 5) is 16.8. The van der Waals surface area contributed by atoms with Crippen molar-refractivity contribution in [3.05, 3.63) is 59.7 Å². The Bertz CT molecular complexity index is 942. The lowest BCUT2D eigenvalue weighted by Crippen LogP contribution is -2.26. The third-order valence-corrected chi connectivity index (χ3v) is 4.13. The summed E-state index contributed by atoms with van der Waals surface area (Å²) in [6.45, 7) is 0.718. The van der Waals surface area contributed by atoms with Crippen LogP contribution >= 0.6 is 0 Å². The van der Waals surface area contributed by atoms with Gasteiger partial charge in [0, 0.05) is 18.0 Å². The predicted molar refractivity (Wildman–Crippen MR) is 94.8 cm³/mol. The van der Waals surface area contributed by atoms with Crippen LogP contribution in [0.25, 0.3) is 10.9 Å². The molecule has 2 aromatic carbocycles. The minimum absolute atomic E-state index is 0.188. The van der Waals surface area contributed by atoms with Gasteiger partial charge in [0.15, 0.2) is 11.5 Å². The number of aromatic nitrogens is 1. The molecule has 2 heterocycles. The van der Waals surface area contributed by atoms with Crippen LogP contribution in [0, 0.1) is 0 Å². The summed E-state index contributed by atoms with van der Waals surface area (Å²) in [5.41, 5.74) is 8.17. The topological polar surface area (TPSA) is 86.5 Å². The first kappa shape index (κ1) is 15.3. The standard InChI is InChI=1S/C19H17N3O3/c20-18-14(19(23)21-7-6-12-4-2-1-3-5-12)8-13-9-16-17(25-11-24-16)10-15(13)22-18/h1-5,8-10H,6-7,11H2,(H2,20,22)(H,21,23). The number of hydrogen-bond donors (Lipinski definition) is 2. The fourth-order valence-corrected chi connectivity index (χ4v) is 2.82. The Hall–Kier alpha value is -3.28. The fraction of sp³-hybridized carbons (Fsp3) is 0.158. The van der Waals surface area contributed by atoms with E-state index in [1.807, 2.05) is 36.4 Å². The van der Waals surface area contributed by atoms with Crippen molar-refractivity contribution in [3.8, 4) is 11.5 Å². The van der Waals surface area contributed by atoms with Crippen LogP contribution in [0.15, 0.2) is 48.5 Å². The lowest BCUT2D eigenvalue weighted by Gasteiger charge is -2.09. The normalized spacial score (nSPS) is 12.3. The van der Waals surface area contributed by atoms with Gasteiger partial charge in [-0.3, -0.25) is 4.79 Å². The molecule has 0 fully saturated rings. The first-order chi connectivity index (χ1) is 12.2. The summed E-state index contributed by atoms with van der Waals surface area (Å²) in [5.74, 6) is 1.25. The third kappa shape index (κ3) is 3.06. The van der Waals surface area contributed by atoms with E-state index in [0.29, 0.717) is 29.1 Å². The number of rotatable bonds is 4. The maximum Gasteiger partial charge on any atom is 0.255 e. The average molecular weight is 335 g/mol. The molecule has 4 rings (SSSR count). The van der Waals surface area contributed by atoms with Gasteiger partial charge in [-0.25, -0.2) is 4.98 Å². The fourth-order valence-electron chi connectivity index (χ4n) is 2.82. The number of amides is 1. The zero-order chi connectivity index (χ0) is 17.2. The van der Waals surface area contributed by atoms with Crippen molar-refractivity contribution in [2.75, 3.05) is 19.1 Å². The van der Waals surface area contributed by atoms with Crippen LogP contribution in [0.4, 0.5) is 5.82 Å². The number of pyridine rings is 1. The van der Waals surface area contributed by atoms with Crippen LogP contribution < -0.4 is 20.5 Å². The molecular formula is C19H17N3O3. The quantitative estimate of drug-likeness (QED) is 0.765. The van der Waals surface area contributed by atoms with Crippen molar-refractivity contribution in [2.24, 2.45) is 0 Å². The molecule has 0 saturated carbocycles. The molecule has 0 bridgehead atoms. The average Bonchev–Trinajstić information content (AvgIpc) is 3.07. The third-order valence-electron chi connectivity index (χ3n) is 4.13. The van der Waals surface area contributed by atoms with Crippen molar-refractivity contribution in [1.29, 1.82) is 0 Å². The summed E-state index contributed by atoms with van der Waals surface area (Å²) in [6.07, 6.45) is 0.756. The summed E-state index contributed by atoms with van der Waals surface area (Å²) in [5, 5.41) is 3.67. The van der Waals surface area contributed by atoms with Gasteiger partial charge < -0.3 is 20.5 Å². The molecule has 0 spiro atoms. The Morgan fingerprint density at radius 2 is 1.88 bits per heavy atom. The van der Waals surface area contributed by atoms with Gasteiger partial charge in [-0.2, -0.15) is 0 Å². The highest BCUT2D eigenvalue weighted by atomic mass is 16.7. The lowest BCUT2D eigenvalue weighted by atomic mass is 10.1. The SMILES string of the molecule is Nc1nc2cc3c(cc2cc1C(=O)NCCc1ccccc1)OCO3. The number of carbonyl (C=O) groups excluding carboxylic acids is 1. The number of benzene rings is 2. The van der Waals surface area contributed by atoms with Crippen LogP contribution in [0.2, 0.25) is 0 Å². The van der Waals surface area contributed by atoms with Gasteiger partial charge in [0.1, 0.15) is 5.82 Å². The molecule has 0 aliphatic carbocycles. The molecule has 3 N–H and O–H groups in total. The second kappa shape index (κ2) is 6.32. The highest BCUT2D eigenvalue weighted by molar-refractivity contribution is 6.02. The van der Waals surface area contributed by atoms with Gasteiger partial charge >= 0.3 is 0 Å². The Kier molecular flexibility index (Phi) is 3.85. The number of hydrogen-bond acceptors (Lipinski definition) is 5. The van der Waals surface area contributed by atoms with Crippen molar-refractivity contribution >= 4 is 22.6 Å². The van der Waals surface area contributed by atoms with E-state index in [2.05, 4.69) is 10.3 Å². The lowest BCUT2D eigenvalue weighted by molar-refractivity contribution is 0.0955. The second-order valence-corrected chi connectivity index (χ2v) is 5.81. The van der Waals surface area contributed by atoms with E-state index >= 15 is 0 Å². The molecular weight excluding hydrogens is 318 g/mol. The van der Waals surface area contributed by atoms with E-state index in [0.717, 1.165) is 11.8 Å². The molecule has 1 amide bonds.